The van der Waals surface area contributed by atoms with Gasteiger partial charge in [-0.1, -0.05) is 18.2 Å². The Balaban J connectivity index is 1.99. The van der Waals surface area contributed by atoms with E-state index in [0.717, 1.165) is 20.2 Å². The van der Waals surface area contributed by atoms with E-state index < -0.39 is 0 Å². The van der Waals surface area contributed by atoms with Crippen molar-refractivity contribution < 1.29 is 4.79 Å². The molecule has 2 aromatic heterocycles. The van der Waals surface area contributed by atoms with Crippen LogP contribution in [0.3, 0.4) is 0 Å². The molecule has 0 saturated heterocycles. The van der Waals surface area contributed by atoms with E-state index in [1.165, 1.54) is 4.90 Å². The van der Waals surface area contributed by atoms with E-state index in [1.54, 1.807) is 11.7 Å². The Morgan fingerprint density at radius 2 is 1.95 bits per heavy atom. The van der Waals surface area contributed by atoms with Gasteiger partial charge >= 0.3 is 0 Å². The first kappa shape index (κ1) is 15.0. The number of carbonyl (C=O) groups excluding carboxylic acids is 1. The van der Waals surface area contributed by atoms with Gasteiger partial charge in [0.15, 0.2) is 5.69 Å². The smallest absolute Gasteiger partial charge is 0.280 e. The summed E-state index contributed by atoms with van der Waals surface area (Å²) >= 11 is 2.16. The number of amides is 1. The first-order chi connectivity index (χ1) is 10.5. The summed E-state index contributed by atoms with van der Waals surface area (Å²) in [6.45, 7) is 1.94. The fourth-order valence-electron chi connectivity index (χ4n) is 2.22. The first-order valence-electron chi connectivity index (χ1n) is 6.82. The molecule has 3 aromatic rings. The zero-order chi connectivity index (χ0) is 15.9. The molecule has 0 aliphatic heterocycles. The van der Waals surface area contributed by atoms with Gasteiger partial charge in [-0.2, -0.15) is 5.10 Å². The van der Waals surface area contributed by atoms with Crippen LogP contribution in [0.2, 0.25) is 0 Å². The van der Waals surface area contributed by atoms with Gasteiger partial charge in [0, 0.05) is 25.2 Å². The van der Waals surface area contributed by atoms with Crippen LogP contribution < -0.4 is 4.90 Å². The third kappa shape index (κ3) is 2.47. The van der Waals surface area contributed by atoms with Crippen LogP contribution in [0.4, 0.5) is 5.82 Å². The molecule has 1 aromatic carbocycles. The zero-order valence-electron chi connectivity index (χ0n) is 12.5. The summed E-state index contributed by atoms with van der Waals surface area (Å²) in [6.07, 6.45) is 0. The van der Waals surface area contributed by atoms with Crippen LogP contribution in [0.25, 0.3) is 10.9 Å². The quantitative estimate of drug-likeness (QED) is 0.615. The molecule has 1 amide bonds. The van der Waals surface area contributed by atoms with E-state index in [9.17, 15) is 4.79 Å². The molecule has 0 N–H and O–H groups in total. The van der Waals surface area contributed by atoms with E-state index in [4.69, 9.17) is 0 Å². The molecular weight excluding hydrogens is 391 g/mol. The number of para-hydroxylation sites is 1. The van der Waals surface area contributed by atoms with Crippen molar-refractivity contribution in [3.05, 3.63) is 51.4 Å². The van der Waals surface area contributed by atoms with Gasteiger partial charge in [0.05, 0.1) is 9.09 Å². The van der Waals surface area contributed by atoms with Crippen molar-refractivity contribution in [2.45, 2.75) is 6.92 Å². The number of halogens is 1. The summed E-state index contributed by atoms with van der Waals surface area (Å²) in [5.41, 5.74) is 2.30. The number of aryl methyl sites for hydroxylation is 1. The summed E-state index contributed by atoms with van der Waals surface area (Å²) < 4.78 is 2.59. The third-order valence-corrected chi connectivity index (χ3v) is 4.99. The van der Waals surface area contributed by atoms with E-state index in [1.807, 2.05) is 50.4 Å². The van der Waals surface area contributed by atoms with E-state index in [2.05, 4.69) is 32.7 Å². The highest BCUT2D eigenvalue weighted by Gasteiger charge is 2.22. The number of hydrogen-bond donors (Lipinski definition) is 0. The molecule has 6 heteroatoms. The lowest BCUT2D eigenvalue weighted by atomic mass is 10.2. The number of carbonyl (C=O) groups is 1. The average molecular weight is 406 g/mol. The molecule has 0 aliphatic carbocycles. The van der Waals surface area contributed by atoms with Crippen molar-refractivity contribution in [1.29, 1.82) is 0 Å². The first-order valence-corrected chi connectivity index (χ1v) is 7.90. The summed E-state index contributed by atoms with van der Waals surface area (Å²) in [4.78, 5) is 18.8. The second-order valence-electron chi connectivity index (χ2n) is 5.10. The number of aromatic nitrogens is 3. The topological polar surface area (TPSA) is 51.0 Å². The van der Waals surface area contributed by atoms with Gasteiger partial charge in [-0.15, -0.1) is 0 Å². The lowest BCUT2D eigenvalue weighted by Gasteiger charge is -2.15. The molecule has 0 saturated carbocycles. The minimum Gasteiger partial charge on any atom is -0.294 e. The summed E-state index contributed by atoms with van der Waals surface area (Å²) in [5, 5.41) is 5.36. The molecule has 0 unspecified atom stereocenters. The van der Waals surface area contributed by atoms with Crippen molar-refractivity contribution in [3.8, 4) is 0 Å². The number of hydrogen-bond acceptors (Lipinski definition) is 3. The third-order valence-electron chi connectivity index (χ3n) is 3.70. The highest BCUT2D eigenvalue weighted by atomic mass is 127. The number of fused-ring (bicyclic) bond motifs is 1. The van der Waals surface area contributed by atoms with Crippen molar-refractivity contribution in [2.75, 3.05) is 11.9 Å². The average Bonchev–Trinajstić information content (AvgIpc) is 2.80. The van der Waals surface area contributed by atoms with Gasteiger partial charge in [-0.05, 0) is 47.7 Å². The number of nitrogens with zero attached hydrogens (tertiary/aromatic N) is 4. The summed E-state index contributed by atoms with van der Waals surface area (Å²) in [5.74, 6) is 0.457. The molecule has 0 fully saturated rings. The van der Waals surface area contributed by atoms with Crippen molar-refractivity contribution in [1.82, 2.24) is 14.8 Å². The lowest BCUT2D eigenvalue weighted by Crippen LogP contribution is -2.28. The van der Waals surface area contributed by atoms with Crippen LogP contribution in [0.5, 0.6) is 0 Å². The van der Waals surface area contributed by atoms with Crippen LogP contribution in [0, 0.1) is 10.5 Å². The fourth-order valence-corrected chi connectivity index (χ4v) is 2.91. The van der Waals surface area contributed by atoms with E-state index in [0.29, 0.717) is 11.5 Å². The van der Waals surface area contributed by atoms with Crippen LogP contribution in [-0.2, 0) is 7.05 Å². The largest absolute Gasteiger partial charge is 0.294 e. The van der Waals surface area contributed by atoms with Crippen molar-refractivity contribution in [2.24, 2.45) is 7.05 Å². The van der Waals surface area contributed by atoms with Gasteiger partial charge in [0.2, 0.25) is 0 Å². The monoisotopic (exact) mass is 406 g/mol. The number of rotatable bonds is 2. The number of anilines is 1. The van der Waals surface area contributed by atoms with E-state index >= 15 is 0 Å². The predicted octanol–water partition coefficient (Wildman–Crippen LogP) is 3.16. The Hall–Kier alpha value is -1.96. The summed E-state index contributed by atoms with van der Waals surface area (Å²) in [7, 11) is 3.56. The number of benzene rings is 1. The molecule has 22 heavy (non-hydrogen) atoms. The Bertz CT molecular complexity index is 872. The highest BCUT2D eigenvalue weighted by Crippen LogP contribution is 2.21. The molecule has 112 valence electrons. The molecule has 0 bridgehead atoms. The van der Waals surface area contributed by atoms with Gasteiger partial charge in [0.1, 0.15) is 5.82 Å². The lowest BCUT2D eigenvalue weighted by molar-refractivity contribution is 0.0986. The van der Waals surface area contributed by atoms with Crippen molar-refractivity contribution >= 4 is 45.2 Å². The second-order valence-corrected chi connectivity index (χ2v) is 6.18. The van der Waals surface area contributed by atoms with Crippen molar-refractivity contribution in [3.63, 3.8) is 0 Å². The standard InChI is InChI=1S/C16H15IN4O/c1-10-14(17)15(19-21(10)3)16(22)20(2)13-9-8-11-6-4-5-7-12(11)18-13/h4-9H,1-3H3. The number of pyridine rings is 1. The Morgan fingerprint density at radius 3 is 2.64 bits per heavy atom. The maximum atomic E-state index is 12.7. The van der Waals surface area contributed by atoms with Crippen LogP contribution in [0.1, 0.15) is 16.2 Å². The Kier molecular flexibility index (Phi) is 3.86. The molecule has 0 spiro atoms. The molecule has 3 rings (SSSR count). The highest BCUT2D eigenvalue weighted by molar-refractivity contribution is 14.1. The van der Waals surface area contributed by atoms with Crippen LogP contribution in [0.15, 0.2) is 36.4 Å². The Morgan fingerprint density at radius 1 is 1.23 bits per heavy atom. The molecule has 0 aliphatic rings. The van der Waals surface area contributed by atoms with Gasteiger partial charge in [-0.25, -0.2) is 4.98 Å². The normalized spacial score (nSPS) is 10.9. The van der Waals surface area contributed by atoms with Crippen LogP contribution in [-0.4, -0.2) is 27.7 Å². The van der Waals surface area contributed by atoms with Gasteiger partial charge in [0.25, 0.3) is 5.91 Å². The minimum absolute atomic E-state index is 0.157. The molecule has 0 atom stereocenters. The molecule has 2 heterocycles. The maximum absolute atomic E-state index is 12.7. The SMILES string of the molecule is Cc1c(I)c(C(=O)N(C)c2ccc3ccccc3n2)nn1C. The maximum Gasteiger partial charge on any atom is 0.280 e. The van der Waals surface area contributed by atoms with Crippen LogP contribution >= 0.6 is 22.6 Å². The fraction of sp³-hybridized carbons (Fsp3) is 0.188. The molecular formula is C16H15IN4O. The van der Waals surface area contributed by atoms with E-state index in [-0.39, 0.29) is 5.91 Å². The zero-order valence-corrected chi connectivity index (χ0v) is 14.7. The predicted molar refractivity (Wildman–Crippen MR) is 95.1 cm³/mol. The molecule has 0 radical (unpaired) electrons. The Labute approximate surface area is 142 Å². The second kappa shape index (κ2) is 5.68. The molecule has 5 nitrogen and oxygen atoms in total. The van der Waals surface area contributed by atoms with Gasteiger partial charge in [-0.3, -0.25) is 14.4 Å². The van der Waals surface area contributed by atoms with Gasteiger partial charge < -0.3 is 0 Å². The minimum atomic E-state index is -0.157. The summed E-state index contributed by atoms with van der Waals surface area (Å²) in [6, 6.07) is 11.7.